The fourth-order valence-corrected chi connectivity index (χ4v) is 2.78. The number of halogens is 1. The molecule has 3 rings (SSSR count). The lowest BCUT2D eigenvalue weighted by atomic mass is 10.1. The van der Waals surface area contributed by atoms with Gasteiger partial charge in [0, 0.05) is 19.2 Å². The predicted octanol–water partition coefficient (Wildman–Crippen LogP) is 1.28. The smallest absolute Gasteiger partial charge is 0.270 e. The Morgan fingerprint density at radius 3 is 2.79 bits per heavy atom. The van der Waals surface area contributed by atoms with Crippen molar-refractivity contribution < 1.29 is 14.6 Å². The van der Waals surface area contributed by atoms with Crippen molar-refractivity contribution in [2.45, 2.75) is 44.9 Å². The first-order chi connectivity index (χ1) is 11.2. The molecular formula is C15H19BrN4O4. The lowest BCUT2D eigenvalue weighted by Crippen LogP contribution is -2.40. The van der Waals surface area contributed by atoms with Gasteiger partial charge in [-0.1, -0.05) is 0 Å². The van der Waals surface area contributed by atoms with E-state index in [-0.39, 0.29) is 18.2 Å². The largest absolute Gasteiger partial charge is 0.492 e. The summed E-state index contributed by atoms with van der Waals surface area (Å²) in [7, 11) is 1.55. The van der Waals surface area contributed by atoms with Crippen molar-refractivity contribution >= 4 is 27.5 Å². The molecule has 2 aromatic heterocycles. The second-order valence-corrected chi connectivity index (χ2v) is 7.35. The van der Waals surface area contributed by atoms with Crippen LogP contribution in [0.5, 0.6) is 5.88 Å². The van der Waals surface area contributed by atoms with Crippen molar-refractivity contribution in [1.82, 2.24) is 19.5 Å². The van der Waals surface area contributed by atoms with Gasteiger partial charge in [-0.2, -0.15) is 9.61 Å². The fraction of sp³-hybridized carbons (Fsp3) is 0.533. The summed E-state index contributed by atoms with van der Waals surface area (Å²) >= 11 is 3.24. The highest BCUT2D eigenvalue weighted by molar-refractivity contribution is 9.10. The first-order valence-electron chi connectivity index (χ1n) is 7.60. The van der Waals surface area contributed by atoms with E-state index in [4.69, 9.17) is 4.74 Å². The molecule has 0 spiro atoms. The molecule has 0 radical (unpaired) electrons. The van der Waals surface area contributed by atoms with Crippen LogP contribution in [0.3, 0.4) is 0 Å². The van der Waals surface area contributed by atoms with E-state index in [1.54, 1.807) is 13.2 Å². The van der Waals surface area contributed by atoms with E-state index in [1.165, 1.54) is 9.08 Å². The molecule has 1 saturated carbocycles. The number of rotatable bonds is 5. The SMILES string of the molecule is COC(C)(C)Cn1c(=O)c(C(=O)NC2CC2)c(O)n2nc(Br)cc12. The standard InChI is InChI=1S/C15H19BrN4O4/c1-15(2,24-3)7-19-10-6-9(16)18-20(10)14(23)11(13(19)22)12(21)17-8-4-5-8/h6,8,23H,4-5,7H2,1-3H3,(H,17,21). The number of nitrogens with one attached hydrogen (secondary N) is 1. The van der Waals surface area contributed by atoms with Crippen LogP contribution in [0.25, 0.3) is 5.65 Å². The van der Waals surface area contributed by atoms with E-state index in [2.05, 4.69) is 26.3 Å². The molecule has 130 valence electrons. The Hall–Kier alpha value is -1.87. The van der Waals surface area contributed by atoms with Crippen LogP contribution < -0.4 is 10.9 Å². The third-order valence-electron chi connectivity index (χ3n) is 4.05. The first-order valence-corrected chi connectivity index (χ1v) is 8.40. The summed E-state index contributed by atoms with van der Waals surface area (Å²) in [6.07, 6.45) is 1.76. The molecule has 1 amide bonds. The van der Waals surface area contributed by atoms with Gasteiger partial charge in [-0.25, -0.2) is 0 Å². The van der Waals surface area contributed by atoms with Gasteiger partial charge in [-0.3, -0.25) is 14.2 Å². The second kappa shape index (κ2) is 5.89. The summed E-state index contributed by atoms with van der Waals surface area (Å²) in [6.45, 7) is 3.87. The van der Waals surface area contributed by atoms with Crippen molar-refractivity contribution in [1.29, 1.82) is 0 Å². The summed E-state index contributed by atoms with van der Waals surface area (Å²) in [5.41, 5.74) is -1.15. The molecule has 0 saturated heterocycles. The van der Waals surface area contributed by atoms with Gasteiger partial charge >= 0.3 is 0 Å². The lowest BCUT2D eigenvalue weighted by molar-refractivity contribution is 0.00798. The molecule has 2 N–H and O–H groups in total. The fourth-order valence-electron chi connectivity index (χ4n) is 2.41. The molecule has 0 atom stereocenters. The summed E-state index contributed by atoms with van der Waals surface area (Å²) in [6, 6.07) is 1.68. The minimum atomic E-state index is -0.637. The number of ether oxygens (including phenoxy) is 1. The third-order valence-corrected chi connectivity index (χ3v) is 4.44. The Balaban J connectivity index is 2.20. The Bertz CT molecular complexity index is 866. The number of hydrogen-bond acceptors (Lipinski definition) is 5. The number of fused-ring (bicyclic) bond motifs is 1. The number of hydrogen-bond donors (Lipinski definition) is 2. The molecule has 24 heavy (non-hydrogen) atoms. The molecule has 8 nitrogen and oxygen atoms in total. The van der Waals surface area contributed by atoms with Crippen molar-refractivity contribution in [3.05, 3.63) is 26.6 Å². The number of aromatic nitrogens is 3. The zero-order chi connectivity index (χ0) is 17.6. The number of amides is 1. The van der Waals surface area contributed by atoms with Crippen molar-refractivity contribution in [3.8, 4) is 5.88 Å². The van der Waals surface area contributed by atoms with Crippen LogP contribution in [0.15, 0.2) is 15.5 Å². The van der Waals surface area contributed by atoms with E-state index >= 15 is 0 Å². The highest BCUT2D eigenvalue weighted by Gasteiger charge is 2.30. The maximum atomic E-state index is 12.9. The minimum Gasteiger partial charge on any atom is -0.492 e. The topological polar surface area (TPSA) is 97.9 Å². The Kier molecular flexibility index (Phi) is 4.16. The zero-order valence-electron chi connectivity index (χ0n) is 13.7. The van der Waals surface area contributed by atoms with Gasteiger partial charge in [0.05, 0.1) is 12.1 Å². The van der Waals surface area contributed by atoms with Crippen LogP contribution in [-0.4, -0.2) is 43.9 Å². The van der Waals surface area contributed by atoms with Crippen molar-refractivity contribution in [2.75, 3.05) is 7.11 Å². The maximum absolute atomic E-state index is 12.9. The molecule has 0 unspecified atom stereocenters. The van der Waals surface area contributed by atoms with E-state index in [0.29, 0.717) is 10.3 Å². The van der Waals surface area contributed by atoms with Crippen LogP contribution in [0.1, 0.15) is 37.0 Å². The number of nitrogens with zero attached hydrogens (tertiary/aromatic N) is 3. The van der Waals surface area contributed by atoms with Gasteiger partial charge in [0.2, 0.25) is 5.88 Å². The molecule has 1 aliphatic carbocycles. The number of carbonyl (C=O) groups excluding carboxylic acids is 1. The van der Waals surface area contributed by atoms with Crippen molar-refractivity contribution in [3.63, 3.8) is 0 Å². The molecule has 2 heterocycles. The minimum absolute atomic E-state index is 0.0696. The average molecular weight is 399 g/mol. The third kappa shape index (κ3) is 3.05. The molecule has 0 bridgehead atoms. The molecular weight excluding hydrogens is 380 g/mol. The van der Waals surface area contributed by atoms with E-state index in [1.807, 2.05) is 13.8 Å². The average Bonchev–Trinajstić information content (AvgIpc) is 3.22. The zero-order valence-corrected chi connectivity index (χ0v) is 15.3. The summed E-state index contributed by atoms with van der Waals surface area (Å²) in [4.78, 5) is 25.3. The van der Waals surface area contributed by atoms with Gasteiger partial charge in [0.25, 0.3) is 11.5 Å². The Morgan fingerprint density at radius 1 is 1.54 bits per heavy atom. The molecule has 2 aromatic rings. The summed E-state index contributed by atoms with van der Waals surface area (Å²) in [5.74, 6) is -1.05. The van der Waals surface area contributed by atoms with Gasteiger partial charge in [-0.05, 0) is 42.6 Å². The normalized spacial score (nSPS) is 15.0. The van der Waals surface area contributed by atoms with Crippen LogP contribution in [-0.2, 0) is 11.3 Å². The van der Waals surface area contributed by atoms with Crippen LogP contribution in [0.4, 0.5) is 0 Å². The number of aromatic hydroxyl groups is 1. The molecule has 9 heteroatoms. The molecule has 0 aliphatic heterocycles. The number of carbonyl (C=O) groups is 1. The van der Waals surface area contributed by atoms with E-state index < -0.39 is 22.9 Å². The van der Waals surface area contributed by atoms with Gasteiger partial charge < -0.3 is 15.2 Å². The summed E-state index contributed by atoms with van der Waals surface area (Å²) in [5, 5.41) is 17.2. The van der Waals surface area contributed by atoms with E-state index in [0.717, 1.165) is 12.8 Å². The first kappa shape index (κ1) is 17.0. The lowest BCUT2D eigenvalue weighted by Gasteiger charge is -2.24. The summed E-state index contributed by atoms with van der Waals surface area (Å²) < 4.78 is 8.41. The Labute approximate surface area is 146 Å². The van der Waals surface area contributed by atoms with Crippen LogP contribution >= 0.6 is 15.9 Å². The van der Waals surface area contributed by atoms with Crippen LogP contribution in [0, 0.1) is 0 Å². The quantitative estimate of drug-likeness (QED) is 0.790. The van der Waals surface area contributed by atoms with Gasteiger partial charge in [-0.15, -0.1) is 0 Å². The van der Waals surface area contributed by atoms with Crippen molar-refractivity contribution in [2.24, 2.45) is 0 Å². The van der Waals surface area contributed by atoms with E-state index in [9.17, 15) is 14.7 Å². The second-order valence-electron chi connectivity index (χ2n) is 6.54. The monoisotopic (exact) mass is 398 g/mol. The molecule has 1 aliphatic rings. The predicted molar refractivity (Wildman–Crippen MR) is 90.4 cm³/mol. The Morgan fingerprint density at radius 2 is 2.21 bits per heavy atom. The van der Waals surface area contributed by atoms with Gasteiger partial charge in [0.1, 0.15) is 10.3 Å². The highest BCUT2D eigenvalue weighted by Crippen LogP contribution is 2.23. The molecule has 0 aromatic carbocycles. The van der Waals surface area contributed by atoms with Gasteiger partial charge in [0.15, 0.2) is 5.56 Å². The number of methoxy groups -OCH3 is 1. The molecule has 1 fully saturated rings. The van der Waals surface area contributed by atoms with Crippen LogP contribution in [0.2, 0.25) is 0 Å². The maximum Gasteiger partial charge on any atom is 0.270 e. The highest BCUT2D eigenvalue weighted by atomic mass is 79.9.